The number of aromatic nitrogens is 1. The Morgan fingerprint density at radius 3 is 2.62 bits per heavy atom. The van der Waals surface area contributed by atoms with Crippen LogP contribution in [0.3, 0.4) is 0 Å². The number of halogens is 1. The normalized spacial score (nSPS) is 11.5. The maximum Gasteiger partial charge on any atom is 0.158 e. The lowest BCUT2D eigenvalue weighted by molar-refractivity contribution is 0.605. The molecule has 0 saturated heterocycles. The summed E-state index contributed by atoms with van der Waals surface area (Å²) < 4.78 is 22.3. The van der Waals surface area contributed by atoms with Gasteiger partial charge in [-0.3, -0.25) is 0 Å². The number of nitrogens with zero attached hydrogens (tertiary/aromatic N) is 1. The van der Waals surface area contributed by atoms with Gasteiger partial charge in [0.2, 0.25) is 0 Å². The van der Waals surface area contributed by atoms with E-state index in [2.05, 4.69) is 30.7 Å². The summed E-state index contributed by atoms with van der Waals surface area (Å²) in [5, 5.41) is 2.34. The molecular weight excluding hydrogens is 306 g/mol. The molecule has 0 aliphatic heterocycles. The van der Waals surface area contributed by atoms with Crippen LogP contribution in [0.4, 0.5) is 0 Å². The lowest BCUT2D eigenvalue weighted by Crippen LogP contribution is -1.99. The van der Waals surface area contributed by atoms with E-state index in [1.54, 1.807) is 6.20 Å². The molecule has 1 aromatic carbocycles. The van der Waals surface area contributed by atoms with Gasteiger partial charge >= 0.3 is 0 Å². The van der Waals surface area contributed by atoms with Crippen molar-refractivity contribution in [3.05, 3.63) is 40.7 Å². The fourth-order valence-corrected chi connectivity index (χ4v) is 2.60. The number of hydrogen-bond acceptors (Lipinski definition) is 3. The van der Waals surface area contributed by atoms with Gasteiger partial charge in [-0.1, -0.05) is 43.4 Å². The van der Waals surface area contributed by atoms with E-state index in [-0.39, 0.29) is 5.75 Å². The third-order valence-corrected chi connectivity index (χ3v) is 3.96. The minimum atomic E-state index is -3.09. The summed E-state index contributed by atoms with van der Waals surface area (Å²) in [6.45, 7) is 4.22. The second kappa shape index (κ2) is 6.05. The van der Waals surface area contributed by atoms with Crippen LogP contribution in [0.5, 0.6) is 0 Å². The summed E-state index contributed by atoms with van der Waals surface area (Å²) in [5.74, 6) is 5.82. The highest BCUT2D eigenvalue weighted by molar-refractivity contribution is 7.90. The highest BCUT2D eigenvalue weighted by Gasteiger charge is 2.09. The van der Waals surface area contributed by atoms with Gasteiger partial charge in [-0.2, -0.15) is 0 Å². The highest BCUT2D eigenvalue weighted by Crippen LogP contribution is 2.28. The van der Waals surface area contributed by atoms with Crippen molar-refractivity contribution in [2.75, 3.05) is 12.0 Å². The summed E-state index contributed by atoms with van der Waals surface area (Å²) >= 11 is 5.99. The predicted molar refractivity (Wildman–Crippen MR) is 87.4 cm³/mol. The number of rotatable bonds is 2. The van der Waals surface area contributed by atoms with E-state index in [1.807, 2.05) is 18.2 Å². The Labute approximate surface area is 130 Å². The molecule has 3 nitrogen and oxygen atoms in total. The van der Waals surface area contributed by atoms with Crippen molar-refractivity contribution in [1.82, 2.24) is 4.98 Å². The van der Waals surface area contributed by atoms with Crippen LogP contribution in [0.15, 0.2) is 24.4 Å². The molecule has 2 aromatic rings. The van der Waals surface area contributed by atoms with Crippen molar-refractivity contribution >= 4 is 32.2 Å². The second-order valence-electron chi connectivity index (χ2n) is 5.28. The van der Waals surface area contributed by atoms with E-state index in [0.717, 1.165) is 16.3 Å². The molecule has 110 valence electrons. The smallest absolute Gasteiger partial charge is 0.158 e. The fraction of sp³-hybridized carbons (Fsp3) is 0.312. The van der Waals surface area contributed by atoms with Crippen LogP contribution in [-0.2, 0) is 9.84 Å². The SMILES string of the molecule is CC(C)c1ccc(C#CCS(C)(=O)=O)c2cnc(Cl)cc12. The van der Waals surface area contributed by atoms with Crippen LogP contribution in [0.2, 0.25) is 5.15 Å². The molecule has 0 aliphatic rings. The Morgan fingerprint density at radius 2 is 2.00 bits per heavy atom. The molecule has 1 heterocycles. The van der Waals surface area contributed by atoms with Gasteiger partial charge in [0, 0.05) is 23.4 Å². The minimum Gasteiger partial charge on any atom is -0.244 e. The lowest BCUT2D eigenvalue weighted by atomic mass is 9.94. The van der Waals surface area contributed by atoms with Crippen molar-refractivity contribution in [2.45, 2.75) is 19.8 Å². The standard InChI is InChI=1S/C16H16ClNO2S/c1-11(2)13-7-6-12(5-4-8-21(3,19)20)15-10-18-16(17)9-14(13)15/h6-7,9-11H,8H2,1-3H3. The maximum atomic E-state index is 11.1. The molecule has 21 heavy (non-hydrogen) atoms. The summed E-state index contributed by atoms with van der Waals surface area (Å²) in [4.78, 5) is 4.10. The number of benzene rings is 1. The van der Waals surface area contributed by atoms with Crippen molar-refractivity contribution in [2.24, 2.45) is 0 Å². The van der Waals surface area contributed by atoms with Gasteiger partial charge in [0.15, 0.2) is 9.84 Å². The third-order valence-electron chi connectivity index (χ3n) is 3.08. The number of sulfone groups is 1. The summed E-state index contributed by atoms with van der Waals surface area (Å²) in [7, 11) is -3.09. The van der Waals surface area contributed by atoms with Gasteiger partial charge in [0.05, 0.1) is 0 Å². The number of hydrogen-bond donors (Lipinski definition) is 0. The Morgan fingerprint density at radius 1 is 1.29 bits per heavy atom. The quantitative estimate of drug-likeness (QED) is 0.629. The Kier molecular flexibility index (Phi) is 4.55. The summed E-state index contributed by atoms with van der Waals surface area (Å²) in [6.07, 6.45) is 2.86. The first-order valence-electron chi connectivity index (χ1n) is 6.52. The topological polar surface area (TPSA) is 47.0 Å². The monoisotopic (exact) mass is 321 g/mol. The Hall–Kier alpha value is -1.57. The summed E-state index contributed by atoms with van der Waals surface area (Å²) in [5.41, 5.74) is 1.94. The van der Waals surface area contributed by atoms with Gasteiger partial charge in [-0.05, 0) is 29.0 Å². The summed E-state index contributed by atoms with van der Waals surface area (Å²) in [6, 6.07) is 5.74. The van der Waals surface area contributed by atoms with Crippen LogP contribution in [-0.4, -0.2) is 25.4 Å². The zero-order chi connectivity index (χ0) is 15.6. The molecule has 2 rings (SSSR count). The first-order chi connectivity index (χ1) is 9.78. The molecule has 0 radical (unpaired) electrons. The Bertz CT molecular complexity index is 846. The molecule has 0 amide bonds. The molecule has 0 saturated carbocycles. The van der Waals surface area contributed by atoms with Crippen LogP contribution in [0.1, 0.15) is 30.9 Å². The van der Waals surface area contributed by atoms with Crippen molar-refractivity contribution < 1.29 is 8.42 Å². The number of pyridine rings is 1. The van der Waals surface area contributed by atoms with E-state index >= 15 is 0 Å². The molecule has 0 atom stereocenters. The second-order valence-corrected chi connectivity index (χ2v) is 7.81. The van der Waals surface area contributed by atoms with Crippen LogP contribution >= 0.6 is 11.6 Å². The first-order valence-corrected chi connectivity index (χ1v) is 8.96. The van der Waals surface area contributed by atoms with Crippen molar-refractivity contribution in [3.63, 3.8) is 0 Å². The average molecular weight is 322 g/mol. The maximum absolute atomic E-state index is 11.1. The van der Waals surface area contributed by atoms with E-state index in [4.69, 9.17) is 11.6 Å². The average Bonchev–Trinajstić information content (AvgIpc) is 2.36. The molecule has 0 bridgehead atoms. The van der Waals surface area contributed by atoms with E-state index in [0.29, 0.717) is 11.1 Å². The van der Waals surface area contributed by atoms with E-state index < -0.39 is 9.84 Å². The van der Waals surface area contributed by atoms with Crippen LogP contribution in [0, 0.1) is 11.8 Å². The third kappa shape index (κ3) is 3.96. The lowest BCUT2D eigenvalue weighted by Gasteiger charge is -2.11. The molecule has 0 aliphatic carbocycles. The highest BCUT2D eigenvalue weighted by atomic mass is 35.5. The molecular formula is C16H16ClNO2S. The fourth-order valence-electron chi connectivity index (χ4n) is 2.11. The Balaban J connectivity index is 2.59. The molecule has 5 heteroatoms. The minimum absolute atomic E-state index is 0.151. The molecule has 0 fully saturated rings. The predicted octanol–water partition coefficient (Wildman–Crippen LogP) is 3.41. The van der Waals surface area contributed by atoms with E-state index in [1.165, 1.54) is 11.8 Å². The largest absolute Gasteiger partial charge is 0.244 e. The van der Waals surface area contributed by atoms with Gasteiger partial charge in [-0.25, -0.2) is 13.4 Å². The van der Waals surface area contributed by atoms with Crippen molar-refractivity contribution in [3.8, 4) is 11.8 Å². The van der Waals surface area contributed by atoms with Crippen LogP contribution < -0.4 is 0 Å². The van der Waals surface area contributed by atoms with E-state index in [9.17, 15) is 8.42 Å². The molecule has 1 aromatic heterocycles. The zero-order valence-corrected chi connectivity index (χ0v) is 13.7. The van der Waals surface area contributed by atoms with Crippen molar-refractivity contribution in [1.29, 1.82) is 0 Å². The number of fused-ring (bicyclic) bond motifs is 1. The van der Waals surface area contributed by atoms with Gasteiger partial charge in [0.1, 0.15) is 10.9 Å². The molecule has 0 unspecified atom stereocenters. The molecule has 0 N–H and O–H groups in total. The van der Waals surface area contributed by atoms with Gasteiger partial charge in [0.25, 0.3) is 0 Å². The molecule has 0 spiro atoms. The van der Waals surface area contributed by atoms with Crippen LogP contribution in [0.25, 0.3) is 10.8 Å². The zero-order valence-electron chi connectivity index (χ0n) is 12.1. The van der Waals surface area contributed by atoms with Gasteiger partial charge in [-0.15, -0.1) is 0 Å². The van der Waals surface area contributed by atoms with Gasteiger partial charge < -0.3 is 0 Å². The first kappa shape index (κ1) is 15.8.